The Labute approximate surface area is 214 Å². The van der Waals surface area contributed by atoms with Gasteiger partial charge in [-0.1, -0.05) is 11.2 Å². The van der Waals surface area contributed by atoms with Gasteiger partial charge in [0.25, 0.3) is 11.5 Å². The Morgan fingerprint density at radius 3 is 1.97 bits per heavy atom. The molecule has 0 saturated carbocycles. The SMILES string of the molecule is Cc1cc(C2=NOC(c3cc(C(F)(F)F)cc(C(F)(F)F)c3)(C(F)(F)F)C2)ccc1C(=O)NC1CS(=O)(=O)C1. The van der Waals surface area contributed by atoms with Crippen LogP contribution in [-0.2, 0) is 32.6 Å². The maximum atomic E-state index is 14.3. The van der Waals surface area contributed by atoms with Crippen molar-refractivity contribution in [3.63, 3.8) is 0 Å². The van der Waals surface area contributed by atoms with Crippen LogP contribution in [0.3, 0.4) is 0 Å². The first kappa shape index (κ1) is 28.7. The molecule has 16 heteroatoms. The summed E-state index contributed by atoms with van der Waals surface area (Å²) in [4.78, 5) is 17.1. The van der Waals surface area contributed by atoms with Gasteiger partial charge in [-0.25, -0.2) is 8.42 Å². The predicted octanol–water partition coefficient (Wildman–Crippen LogP) is 5.14. The minimum atomic E-state index is -5.48. The summed E-state index contributed by atoms with van der Waals surface area (Å²) < 4.78 is 145. The zero-order valence-electron chi connectivity index (χ0n) is 19.6. The minimum Gasteiger partial charge on any atom is -0.374 e. The first-order chi connectivity index (χ1) is 17.7. The average molecular weight is 588 g/mol. The summed E-state index contributed by atoms with van der Waals surface area (Å²) in [6.07, 6.45) is -17.5. The number of amides is 1. The van der Waals surface area contributed by atoms with Crippen LogP contribution in [0.15, 0.2) is 41.6 Å². The standard InChI is InChI=1S/C23H17F9N2O4S/c1-11-4-12(2-3-17(11)19(35)33-16-9-39(36,37)10-16)18-8-20(38-34-18,23(30,31)32)13-5-14(21(24,25)26)7-15(6-13)22(27,28)29/h2-7,16H,8-10H2,1H3,(H,33,35). The number of carbonyl (C=O) groups is 1. The van der Waals surface area contributed by atoms with Crippen molar-refractivity contribution < 1.29 is 57.6 Å². The number of sulfone groups is 1. The molecular weight excluding hydrogens is 571 g/mol. The molecule has 2 aromatic rings. The lowest BCUT2D eigenvalue weighted by atomic mass is 9.84. The number of benzene rings is 2. The quantitative estimate of drug-likeness (QED) is 0.502. The molecule has 1 atom stereocenters. The molecule has 4 rings (SSSR count). The third kappa shape index (κ3) is 5.56. The number of alkyl halides is 9. The number of hydrogen-bond acceptors (Lipinski definition) is 5. The van der Waals surface area contributed by atoms with Gasteiger partial charge in [0, 0.05) is 17.5 Å². The number of hydrogen-bond donors (Lipinski definition) is 1. The monoisotopic (exact) mass is 588 g/mol. The van der Waals surface area contributed by atoms with Crippen LogP contribution in [-0.4, -0.2) is 43.8 Å². The lowest BCUT2D eigenvalue weighted by Gasteiger charge is -2.30. The van der Waals surface area contributed by atoms with E-state index < -0.39 is 74.7 Å². The number of nitrogens with one attached hydrogen (secondary N) is 1. The van der Waals surface area contributed by atoms with Crippen molar-refractivity contribution in [3.05, 3.63) is 69.8 Å². The second kappa shape index (κ2) is 9.13. The normalized spacial score (nSPS) is 21.6. The molecule has 2 aliphatic heterocycles. The molecule has 1 saturated heterocycles. The summed E-state index contributed by atoms with van der Waals surface area (Å²) in [6.45, 7) is 1.42. The average Bonchev–Trinajstić information content (AvgIpc) is 3.23. The first-order valence-electron chi connectivity index (χ1n) is 11.0. The largest absolute Gasteiger partial charge is 0.435 e. The van der Waals surface area contributed by atoms with Gasteiger partial charge in [0.2, 0.25) is 0 Å². The molecule has 0 aromatic heterocycles. The lowest BCUT2D eigenvalue weighted by molar-refractivity contribution is -0.276. The molecule has 2 aromatic carbocycles. The summed E-state index contributed by atoms with van der Waals surface area (Å²) in [5, 5.41) is 5.86. The molecule has 6 nitrogen and oxygen atoms in total. The van der Waals surface area contributed by atoms with Crippen molar-refractivity contribution in [2.24, 2.45) is 5.16 Å². The molecule has 1 unspecified atom stereocenters. The van der Waals surface area contributed by atoms with Gasteiger partial charge in [-0.3, -0.25) is 4.79 Å². The molecule has 212 valence electrons. The van der Waals surface area contributed by atoms with Gasteiger partial charge >= 0.3 is 18.5 Å². The van der Waals surface area contributed by atoms with Gasteiger partial charge in [-0.05, 0) is 48.4 Å². The molecule has 2 aliphatic rings. The van der Waals surface area contributed by atoms with E-state index in [4.69, 9.17) is 0 Å². The van der Waals surface area contributed by atoms with Gasteiger partial charge in [0.15, 0.2) is 9.84 Å². The number of aryl methyl sites for hydroxylation is 1. The fraction of sp³-hybridized carbons (Fsp3) is 0.391. The fourth-order valence-corrected chi connectivity index (χ4v) is 5.55. The molecule has 1 amide bonds. The minimum absolute atomic E-state index is 0.0237. The number of oxime groups is 1. The van der Waals surface area contributed by atoms with Crippen molar-refractivity contribution in [1.82, 2.24) is 5.32 Å². The number of nitrogens with zero attached hydrogens (tertiary/aromatic N) is 1. The van der Waals surface area contributed by atoms with E-state index in [-0.39, 0.29) is 46.4 Å². The van der Waals surface area contributed by atoms with E-state index >= 15 is 0 Å². The number of halogens is 9. The Hall–Kier alpha value is -3.30. The van der Waals surface area contributed by atoms with Crippen LogP contribution in [0.5, 0.6) is 0 Å². The van der Waals surface area contributed by atoms with E-state index in [1.807, 2.05) is 0 Å². The summed E-state index contributed by atoms with van der Waals surface area (Å²) in [7, 11) is -3.22. The maximum absolute atomic E-state index is 14.3. The van der Waals surface area contributed by atoms with Crippen LogP contribution in [0.25, 0.3) is 0 Å². The molecular formula is C23H17F9N2O4S. The molecule has 1 N–H and O–H groups in total. The van der Waals surface area contributed by atoms with Gasteiger partial charge in [0.1, 0.15) is 0 Å². The van der Waals surface area contributed by atoms with E-state index in [2.05, 4.69) is 15.3 Å². The Balaban J connectivity index is 1.66. The third-order valence-corrected chi connectivity index (χ3v) is 8.11. The van der Waals surface area contributed by atoms with Crippen LogP contribution in [0, 0.1) is 6.92 Å². The number of rotatable bonds is 4. The highest BCUT2D eigenvalue weighted by Crippen LogP contribution is 2.51. The molecule has 0 radical (unpaired) electrons. The van der Waals surface area contributed by atoms with Gasteiger partial charge < -0.3 is 10.2 Å². The molecule has 39 heavy (non-hydrogen) atoms. The van der Waals surface area contributed by atoms with Crippen molar-refractivity contribution in [1.29, 1.82) is 0 Å². The van der Waals surface area contributed by atoms with E-state index in [0.29, 0.717) is 0 Å². The van der Waals surface area contributed by atoms with Gasteiger partial charge in [-0.15, -0.1) is 0 Å². The molecule has 0 aliphatic carbocycles. The summed E-state index contributed by atoms with van der Waals surface area (Å²) in [5.41, 5.74) is -9.13. The van der Waals surface area contributed by atoms with Gasteiger partial charge in [0.05, 0.1) is 34.4 Å². The van der Waals surface area contributed by atoms with E-state index in [1.165, 1.54) is 25.1 Å². The first-order valence-corrected chi connectivity index (χ1v) is 12.8. The van der Waals surface area contributed by atoms with E-state index in [1.54, 1.807) is 0 Å². The topological polar surface area (TPSA) is 84.8 Å². The Kier molecular flexibility index (Phi) is 6.72. The molecule has 0 bridgehead atoms. The second-order valence-corrected chi connectivity index (χ2v) is 11.4. The van der Waals surface area contributed by atoms with Crippen LogP contribution >= 0.6 is 0 Å². The molecule has 1 fully saturated rings. The maximum Gasteiger partial charge on any atom is 0.435 e. The highest BCUT2D eigenvalue weighted by atomic mass is 32.2. The van der Waals surface area contributed by atoms with Crippen LogP contribution in [0.2, 0.25) is 0 Å². The Bertz CT molecular complexity index is 1420. The summed E-state index contributed by atoms with van der Waals surface area (Å²) >= 11 is 0. The lowest BCUT2D eigenvalue weighted by Crippen LogP contribution is -2.53. The van der Waals surface area contributed by atoms with E-state index in [9.17, 15) is 52.7 Å². The van der Waals surface area contributed by atoms with Crippen LogP contribution in [0.1, 0.15) is 44.6 Å². The van der Waals surface area contributed by atoms with Crippen molar-refractivity contribution >= 4 is 21.5 Å². The van der Waals surface area contributed by atoms with Gasteiger partial charge in [-0.2, -0.15) is 39.5 Å². The summed E-state index contributed by atoms with van der Waals surface area (Å²) in [5.74, 6) is -1.12. The predicted molar refractivity (Wildman–Crippen MR) is 118 cm³/mol. The van der Waals surface area contributed by atoms with Crippen molar-refractivity contribution in [2.45, 2.75) is 43.5 Å². The van der Waals surface area contributed by atoms with E-state index in [0.717, 1.165) is 0 Å². The second-order valence-electron chi connectivity index (χ2n) is 9.20. The highest BCUT2D eigenvalue weighted by Gasteiger charge is 2.63. The highest BCUT2D eigenvalue weighted by molar-refractivity contribution is 7.92. The zero-order chi connectivity index (χ0) is 29.2. The molecule has 2 heterocycles. The smallest absolute Gasteiger partial charge is 0.374 e. The zero-order valence-corrected chi connectivity index (χ0v) is 20.4. The Morgan fingerprint density at radius 2 is 1.51 bits per heavy atom. The molecule has 0 spiro atoms. The van der Waals surface area contributed by atoms with Crippen LogP contribution in [0.4, 0.5) is 39.5 Å². The third-order valence-electron chi connectivity index (χ3n) is 6.29. The fourth-order valence-electron chi connectivity index (χ4n) is 4.26. The number of carbonyl (C=O) groups excluding carboxylic acids is 1. The van der Waals surface area contributed by atoms with Crippen LogP contribution < -0.4 is 5.32 Å². The Morgan fingerprint density at radius 1 is 0.949 bits per heavy atom. The van der Waals surface area contributed by atoms with Crippen molar-refractivity contribution in [3.8, 4) is 0 Å². The summed E-state index contributed by atoms with van der Waals surface area (Å²) in [6, 6.07) is 2.64. The van der Waals surface area contributed by atoms with Crippen molar-refractivity contribution in [2.75, 3.05) is 11.5 Å².